The smallest absolute Gasteiger partial charge is 0.227 e. The fourth-order valence-corrected chi connectivity index (χ4v) is 4.56. The fourth-order valence-electron chi connectivity index (χ4n) is 4.56. The van der Waals surface area contributed by atoms with Crippen LogP contribution in [0, 0.1) is 23.7 Å². The average molecular weight is 265 g/mol. The van der Waals surface area contributed by atoms with Crippen LogP contribution in [0.3, 0.4) is 0 Å². The molecule has 4 N–H and O–H groups in total. The molecule has 0 aromatic heterocycles. The van der Waals surface area contributed by atoms with Gasteiger partial charge in [-0.2, -0.15) is 0 Å². The fraction of sp³-hybridized carbons (Fsp3) is 0.933. The Morgan fingerprint density at radius 2 is 1.79 bits per heavy atom. The molecule has 3 fully saturated rings. The van der Waals surface area contributed by atoms with Crippen LogP contribution in [-0.2, 0) is 4.79 Å². The highest BCUT2D eigenvalue weighted by Crippen LogP contribution is 2.48. The van der Waals surface area contributed by atoms with Gasteiger partial charge < -0.3 is 16.4 Å². The number of hydrogen-bond acceptors (Lipinski definition) is 3. The summed E-state index contributed by atoms with van der Waals surface area (Å²) < 4.78 is 0. The Labute approximate surface area is 115 Å². The predicted molar refractivity (Wildman–Crippen MR) is 75.2 cm³/mol. The molecule has 2 saturated carbocycles. The van der Waals surface area contributed by atoms with E-state index in [-0.39, 0.29) is 18.0 Å². The molecule has 4 nitrogen and oxygen atoms in total. The first-order valence-electron chi connectivity index (χ1n) is 7.88. The van der Waals surface area contributed by atoms with Crippen molar-refractivity contribution in [3.8, 4) is 0 Å². The summed E-state index contributed by atoms with van der Waals surface area (Å²) >= 11 is 0. The minimum atomic E-state index is 0.116. The second kappa shape index (κ2) is 5.06. The molecule has 0 spiro atoms. The lowest BCUT2D eigenvalue weighted by Gasteiger charge is -2.37. The Bertz CT molecular complexity index is 347. The quantitative estimate of drug-likeness (QED) is 0.780. The van der Waals surface area contributed by atoms with Crippen LogP contribution in [0.25, 0.3) is 0 Å². The van der Waals surface area contributed by atoms with E-state index in [1.807, 2.05) is 0 Å². The zero-order chi connectivity index (χ0) is 13.6. The van der Waals surface area contributed by atoms with Gasteiger partial charge in [0.05, 0.1) is 5.92 Å². The molecule has 1 saturated heterocycles. The van der Waals surface area contributed by atoms with E-state index in [2.05, 4.69) is 11.8 Å². The van der Waals surface area contributed by atoms with E-state index in [1.54, 1.807) is 0 Å². The summed E-state index contributed by atoms with van der Waals surface area (Å²) in [6.45, 7) is 3.84. The molecule has 4 heteroatoms. The second-order valence-electron chi connectivity index (χ2n) is 6.96. The van der Waals surface area contributed by atoms with Crippen LogP contribution in [0.1, 0.15) is 39.0 Å². The zero-order valence-corrected chi connectivity index (χ0v) is 11.9. The van der Waals surface area contributed by atoms with Gasteiger partial charge in [0.2, 0.25) is 5.91 Å². The first kappa shape index (κ1) is 13.4. The van der Waals surface area contributed by atoms with Crippen LogP contribution in [-0.4, -0.2) is 36.0 Å². The third-order valence-electron chi connectivity index (χ3n) is 5.86. The first-order chi connectivity index (χ1) is 9.08. The Hall–Kier alpha value is -0.610. The van der Waals surface area contributed by atoms with Crippen molar-refractivity contribution in [3.05, 3.63) is 0 Å². The van der Waals surface area contributed by atoms with Crippen LogP contribution in [0.2, 0.25) is 0 Å². The highest BCUT2D eigenvalue weighted by atomic mass is 16.2. The summed E-state index contributed by atoms with van der Waals surface area (Å²) in [5, 5.41) is 0. The third kappa shape index (κ3) is 2.29. The van der Waals surface area contributed by atoms with Gasteiger partial charge in [-0.1, -0.05) is 0 Å². The molecule has 5 atom stereocenters. The molecule has 1 amide bonds. The SMILES string of the molecule is CC(N)C1CCN(C(=O)C2C3CCC(C3)C2N)CC1. The highest BCUT2D eigenvalue weighted by molar-refractivity contribution is 5.80. The van der Waals surface area contributed by atoms with Crippen molar-refractivity contribution in [2.45, 2.75) is 51.1 Å². The maximum atomic E-state index is 12.7. The molecule has 3 rings (SSSR count). The molecule has 0 radical (unpaired) electrons. The number of amides is 1. The van der Waals surface area contributed by atoms with Gasteiger partial charge in [0.15, 0.2) is 0 Å². The molecule has 0 aromatic rings. The lowest BCUT2D eigenvalue weighted by molar-refractivity contribution is -0.139. The summed E-state index contributed by atoms with van der Waals surface area (Å²) in [4.78, 5) is 14.8. The van der Waals surface area contributed by atoms with Gasteiger partial charge in [0.25, 0.3) is 0 Å². The third-order valence-corrected chi connectivity index (χ3v) is 5.86. The molecule has 1 aliphatic heterocycles. The van der Waals surface area contributed by atoms with Crippen molar-refractivity contribution in [2.24, 2.45) is 35.1 Å². The standard InChI is InChI=1S/C15H27N3O/c1-9(16)10-4-6-18(7-5-10)15(19)13-11-2-3-12(8-11)14(13)17/h9-14H,2-8,16-17H2,1H3. The topological polar surface area (TPSA) is 72.3 Å². The van der Waals surface area contributed by atoms with Crippen LogP contribution in [0.4, 0.5) is 0 Å². The van der Waals surface area contributed by atoms with E-state index in [0.29, 0.717) is 23.7 Å². The molecule has 3 aliphatic rings. The van der Waals surface area contributed by atoms with Crippen molar-refractivity contribution < 1.29 is 4.79 Å². The van der Waals surface area contributed by atoms with Crippen LogP contribution < -0.4 is 11.5 Å². The first-order valence-corrected chi connectivity index (χ1v) is 7.88. The number of nitrogens with zero attached hydrogens (tertiary/aromatic N) is 1. The number of fused-ring (bicyclic) bond motifs is 2. The maximum Gasteiger partial charge on any atom is 0.227 e. The van der Waals surface area contributed by atoms with Crippen LogP contribution >= 0.6 is 0 Å². The largest absolute Gasteiger partial charge is 0.342 e. The van der Waals surface area contributed by atoms with Crippen LogP contribution in [0.15, 0.2) is 0 Å². The van der Waals surface area contributed by atoms with Crippen molar-refractivity contribution in [2.75, 3.05) is 13.1 Å². The van der Waals surface area contributed by atoms with Crippen LogP contribution in [0.5, 0.6) is 0 Å². The molecule has 2 bridgehead atoms. The average Bonchev–Trinajstić information content (AvgIpc) is 2.99. The molecule has 0 aromatic carbocycles. The summed E-state index contributed by atoms with van der Waals surface area (Å²) in [5.74, 6) is 2.21. The second-order valence-corrected chi connectivity index (χ2v) is 6.96. The van der Waals surface area contributed by atoms with E-state index in [1.165, 1.54) is 19.3 Å². The number of hydrogen-bond donors (Lipinski definition) is 2. The number of piperidine rings is 1. The van der Waals surface area contributed by atoms with Gasteiger partial charge in [0.1, 0.15) is 0 Å². The zero-order valence-electron chi connectivity index (χ0n) is 11.9. The lowest BCUT2D eigenvalue weighted by atomic mass is 9.83. The normalized spacial score (nSPS) is 40.7. The van der Waals surface area contributed by atoms with Gasteiger partial charge >= 0.3 is 0 Å². The Balaban J connectivity index is 1.60. The van der Waals surface area contributed by atoms with Crippen molar-refractivity contribution in [3.63, 3.8) is 0 Å². The highest BCUT2D eigenvalue weighted by Gasteiger charge is 2.50. The predicted octanol–water partition coefficient (Wildman–Crippen LogP) is 0.946. The van der Waals surface area contributed by atoms with E-state index >= 15 is 0 Å². The molecule has 108 valence electrons. The molecule has 1 heterocycles. The number of carbonyl (C=O) groups excluding carboxylic acids is 1. The van der Waals surface area contributed by atoms with Crippen molar-refractivity contribution in [1.82, 2.24) is 4.90 Å². The summed E-state index contributed by atoms with van der Waals surface area (Å²) in [7, 11) is 0. The summed E-state index contributed by atoms with van der Waals surface area (Å²) in [5.41, 5.74) is 12.2. The van der Waals surface area contributed by atoms with Gasteiger partial charge in [-0.25, -0.2) is 0 Å². The maximum absolute atomic E-state index is 12.7. The van der Waals surface area contributed by atoms with Gasteiger partial charge in [-0.05, 0) is 56.8 Å². The number of rotatable bonds is 2. The Morgan fingerprint density at radius 3 is 2.32 bits per heavy atom. The number of nitrogens with two attached hydrogens (primary N) is 2. The number of carbonyl (C=O) groups is 1. The van der Waals surface area contributed by atoms with Gasteiger partial charge in [0, 0.05) is 25.2 Å². The lowest BCUT2D eigenvalue weighted by Crippen LogP contribution is -2.50. The summed E-state index contributed by atoms with van der Waals surface area (Å²) in [6.07, 6.45) is 5.75. The monoisotopic (exact) mass is 265 g/mol. The van der Waals surface area contributed by atoms with E-state index in [0.717, 1.165) is 25.9 Å². The van der Waals surface area contributed by atoms with Crippen molar-refractivity contribution in [1.29, 1.82) is 0 Å². The molecular weight excluding hydrogens is 238 g/mol. The molecule has 19 heavy (non-hydrogen) atoms. The van der Waals surface area contributed by atoms with Gasteiger partial charge in [-0.3, -0.25) is 4.79 Å². The van der Waals surface area contributed by atoms with Gasteiger partial charge in [-0.15, -0.1) is 0 Å². The number of likely N-dealkylation sites (tertiary alicyclic amines) is 1. The van der Waals surface area contributed by atoms with E-state index in [9.17, 15) is 4.79 Å². The molecule has 2 aliphatic carbocycles. The Kier molecular flexibility index (Phi) is 3.56. The molecular formula is C15H27N3O. The minimum absolute atomic E-state index is 0.116. The Morgan fingerprint density at radius 1 is 1.16 bits per heavy atom. The van der Waals surface area contributed by atoms with E-state index in [4.69, 9.17) is 11.5 Å². The van der Waals surface area contributed by atoms with E-state index < -0.39 is 0 Å². The summed E-state index contributed by atoms with van der Waals surface area (Å²) in [6, 6.07) is 0.374. The van der Waals surface area contributed by atoms with Crippen molar-refractivity contribution >= 4 is 5.91 Å². The molecule has 5 unspecified atom stereocenters. The minimum Gasteiger partial charge on any atom is -0.342 e.